The van der Waals surface area contributed by atoms with Gasteiger partial charge >= 0.3 is 0 Å². The molecule has 0 radical (unpaired) electrons. The summed E-state index contributed by atoms with van der Waals surface area (Å²) < 4.78 is 26.3. The van der Waals surface area contributed by atoms with Gasteiger partial charge in [-0.05, 0) is 43.7 Å². The fourth-order valence-electron chi connectivity index (χ4n) is 3.19. The molecule has 0 bridgehead atoms. The second-order valence-corrected chi connectivity index (χ2v) is 6.12. The van der Waals surface area contributed by atoms with Crippen LogP contribution in [-0.4, -0.2) is 16.3 Å². The number of nitrogens with one attached hydrogen (secondary N) is 1. The number of nitrogens with zero attached hydrogens (tertiary/aromatic N) is 2. The third kappa shape index (κ3) is 2.93. The summed E-state index contributed by atoms with van der Waals surface area (Å²) in [4.78, 5) is 4.58. The Morgan fingerprint density at radius 2 is 2.04 bits per heavy atom. The van der Waals surface area contributed by atoms with E-state index < -0.39 is 0 Å². The second-order valence-electron chi connectivity index (χ2n) is 6.12. The number of benzene rings is 2. The summed E-state index contributed by atoms with van der Waals surface area (Å²) in [6.07, 6.45) is 0. The third-order valence-corrected chi connectivity index (χ3v) is 4.57. The predicted molar refractivity (Wildman–Crippen MR) is 93.2 cm³/mol. The van der Waals surface area contributed by atoms with Crippen LogP contribution in [0.2, 0.25) is 0 Å². The van der Waals surface area contributed by atoms with Gasteiger partial charge in [0.2, 0.25) is 6.79 Å². The predicted octanol–water partition coefficient (Wildman–Crippen LogP) is 3.77. The van der Waals surface area contributed by atoms with E-state index >= 15 is 0 Å². The minimum Gasteiger partial charge on any atom is -0.454 e. The monoisotopic (exact) mass is 341 g/mol. The number of imidazole rings is 1. The van der Waals surface area contributed by atoms with E-state index in [0.717, 1.165) is 34.9 Å². The third-order valence-electron chi connectivity index (χ3n) is 4.57. The molecule has 0 aliphatic carbocycles. The molecule has 0 amide bonds. The van der Waals surface area contributed by atoms with Crippen molar-refractivity contribution in [2.45, 2.75) is 33.0 Å². The molecule has 0 saturated carbocycles. The van der Waals surface area contributed by atoms with Gasteiger partial charge in [0.25, 0.3) is 0 Å². The molecule has 130 valence electrons. The number of aromatic nitrogens is 2. The summed E-state index contributed by atoms with van der Waals surface area (Å²) in [6.45, 7) is 5.82. The Morgan fingerprint density at radius 3 is 2.88 bits per heavy atom. The Hall–Kier alpha value is -2.60. The standard InChI is InChI=1S/C19H20FN3O2/c1-3-23-16-6-5-14(20)9-15(16)22-19(23)10-21-12(2)13-4-7-17-18(8-13)25-11-24-17/h4-9,12,21H,3,10-11H2,1-2H3. The van der Waals surface area contributed by atoms with Crippen LogP contribution in [0.3, 0.4) is 0 Å². The highest BCUT2D eigenvalue weighted by atomic mass is 19.1. The van der Waals surface area contributed by atoms with E-state index in [0.29, 0.717) is 12.1 Å². The van der Waals surface area contributed by atoms with Crippen LogP contribution in [0.25, 0.3) is 11.0 Å². The van der Waals surface area contributed by atoms with Crippen molar-refractivity contribution in [1.29, 1.82) is 0 Å². The quantitative estimate of drug-likeness (QED) is 0.767. The fourth-order valence-corrected chi connectivity index (χ4v) is 3.19. The van der Waals surface area contributed by atoms with Gasteiger partial charge in [-0.1, -0.05) is 6.07 Å². The Balaban J connectivity index is 1.53. The number of hydrogen-bond donors (Lipinski definition) is 1. The SMILES string of the molecule is CCn1c(CNC(C)c2ccc3c(c2)OCO3)nc2cc(F)ccc21. The minimum absolute atomic E-state index is 0.122. The number of ether oxygens (including phenoxy) is 2. The van der Waals surface area contributed by atoms with Crippen LogP contribution < -0.4 is 14.8 Å². The van der Waals surface area contributed by atoms with Gasteiger partial charge in [0.1, 0.15) is 11.6 Å². The first-order chi connectivity index (χ1) is 12.2. The molecule has 1 atom stereocenters. The average molecular weight is 341 g/mol. The lowest BCUT2D eigenvalue weighted by Crippen LogP contribution is -2.20. The van der Waals surface area contributed by atoms with E-state index in [1.165, 1.54) is 12.1 Å². The van der Waals surface area contributed by atoms with Gasteiger partial charge in [0.05, 0.1) is 17.6 Å². The molecule has 0 fully saturated rings. The Morgan fingerprint density at radius 1 is 1.20 bits per heavy atom. The van der Waals surface area contributed by atoms with E-state index in [1.54, 1.807) is 6.07 Å². The van der Waals surface area contributed by atoms with Crippen LogP contribution >= 0.6 is 0 Å². The van der Waals surface area contributed by atoms with Crippen LogP contribution in [0.15, 0.2) is 36.4 Å². The van der Waals surface area contributed by atoms with Gasteiger partial charge in [-0.2, -0.15) is 0 Å². The van der Waals surface area contributed by atoms with Crippen molar-refractivity contribution < 1.29 is 13.9 Å². The number of hydrogen-bond acceptors (Lipinski definition) is 4. The minimum atomic E-state index is -0.263. The van der Waals surface area contributed by atoms with E-state index in [-0.39, 0.29) is 18.7 Å². The van der Waals surface area contributed by atoms with Crippen molar-refractivity contribution in [3.63, 3.8) is 0 Å². The van der Waals surface area contributed by atoms with Crippen molar-refractivity contribution >= 4 is 11.0 Å². The molecule has 0 spiro atoms. The zero-order chi connectivity index (χ0) is 17.4. The highest BCUT2D eigenvalue weighted by Gasteiger charge is 2.16. The number of aryl methyl sites for hydroxylation is 1. The molecule has 1 unspecified atom stereocenters. The molecule has 5 nitrogen and oxygen atoms in total. The van der Waals surface area contributed by atoms with E-state index in [2.05, 4.69) is 28.7 Å². The van der Waals surface area contributed by atoms with Crippen molar-refractivity contribution in [2.75, 3.05) is 6.79 Å². The van der Waals surface area contributed by atoms with E-state index in [9.17, 15) is 4.39 Å². The molecular weight excluding hydrogens is 321 g/mol. The number of halogens is 1. The largest absolute Gasteiger partial charge is 0.454 e. The molecule has 1 aliphatic rings. The summed E-state index contributed by atoms with van der Waals surface area (Å²) in [5, 5.41) is 3.48. The van der Waals surface area contributed by atoms with Crippen LogP contribution in [0, 0.1) is 5.82 Å². The number of rotatable bonds is 5. The summed E-state index contributed by atoms with van der Waals surface area (Å²) in [7, 11) is 0. The van der Waals surface area contributed by atoms with Crippen LogP contribution in [0.1, 0.15) is 31.3 Å². The molecule has 6 heteroatoms. The highest BCUT2D eigenvalue weighted by molar-refractivity contribution is 5.76. The topological polar surface area (TPSA) is 48.3 Å². The maximum atomic E-state index is 13.4. The van der Waals surface area contributed by atoms with Crippen LogP contribution in [0.4, 0.5) is 4.39 Å². The first-order valence-corrected chi connectivity index (χ1v) is 8.43. The van der Waals surface area contributed by atoms with Gasteiger partial charge in [-0.15, -0.1) is 0 Å². The molecule has 2 aromatic carbocycles. The summed E-state index contributed by atoms with van der Waals surface area (Å²) in [6, 6.07) is 10.8. The summed E-state index contributed by atoms with van der Waals surface area (Å²) >= 11 is 0. The van der Waals surface area contributed by atoms with Gasteiger partial charge in [-0.25, -0.2) is 9.37 Å². The van der Waals surface area contributed by atoms with Gasteiger partial charge < -0.3 is 19.4 Å². The maximum Gasteiger partial charge on any atom is 0.231 e. The molecule has 1 aliphatic heterocycles. The van der Waals surface area contributed by atoms with Crippen molar-refractivity contribution in [3.05, 3.63) is 53.6 Å². The fraction of sp³-hybridized carbons (Fsp3) is 0.316. The first-order valence-electron chi connectivity index (χ1n) is 8.43. The maximum absolute atomic E-state index is 13.4. The van der Waals surface area contributed by atoms with E-state index in [1.807, 2.05) is 18.2 Å². The first kappa shape index (κ1) is 15.9. The van der Waals surface area contributed by atoms with Crippen molar-refractivity contribution in [3.8, 4) is 11.5 Å². The Bertz CT molecular complexity index is 922. The molecular formula is C19H20FN3O2. The number of fused-ring (bicyclic) bond motifs is 2. The van der Waals surface area contributed by atoms with Crippen molar-refractivity contribution in [2.24, 2.45) is 0 Å². The van der Waals surface area contributed by atoms with Crippen LogP contribution in [0.5, 0.6) is 11.5 Å². The van der Waals surface area contributed by atoms with Gasteiger partial charge in [0, 0.05) is 18.7 Å². The normalized spacial score (nSPS) is 14.2. The van der Waals surface area contributed by atoms with E-state index in [4.69, 9.17) is 9.47 Å². The molecule has 3 aromatic rings. The second kappa shape index (κ2) is 6.37. The molecule has 2 heterocycles. The molecule has 1 aromatic heterocycles. The lowest BCUT2D eigenvalue weighted by atomic mass is 10.1. The summed E-state index contributed by atoms with van der Waals surface area (Å²) in [5.74, 6) is 2.20. The molecule has 0 saturated heterocycles. The highest BCUT2D eigenvalue weighted by Crippen LogP contribution is 2.34. The Labute approximate surface area is 145 Å². The Kier molecular flexibility index (Phi) is 4.05. The molecule has 4 rings (SSSR count). The lowest BCUT2D eigenvalue weighted by Gasteiger charge is -2.15. The van der Waals surface area contributed by atoms with Gasteiger partial charge in [-0.3, -0.25) is 0 Å². The molecule has 25 heavy (non-hydrogen) atoms. The summed E-state index contributed by atoms with van der Waals surface area (Å²) in [5.41, 5.74) is 2.76. The van der Waals surface area contributed by atoms with Gasteiger partial charge in [0.15, 0.2) is 11.5 Å². The van der Waals surface area contributed by atoms with Crippen LogP contribution in [-0.2, 0) is 13.1 Å². The zero-order valence-corrected chi connectivity index (χ0v) is 14.3. The zero-order valence-electron chi connectivity index (χ0n) is 14.3. The smallest absolute Gasteiger partial charge is 0.231 e. The molecule has 1 N–H and O–H groups in total. The lowest BCUT2D eigenvalue weighted by molar-refractivity contribution is 0.174. The average Bonchev–Trinajstić information content (AvgIpc) is 3.21. The van der Waals surface area contributed by atoms with Crippen molar-refractivity contribution in [1.82, 2.24) is 14.9 Å².